The predicted molar refractivity (Wildman–Crippen MR) is 112 cm³/mol. The Hall–Kier alpha value is -2.97. The van der Waals surface area contributed by atoms with Crippen LogP contribution in [-0.4, -0.2) is 30.6 Å². The highest BCUT2D eigenvalue weighted by molar-refractivity contribution is 7.90. The molecular weight excluding hydrogens is 404 g/mol. The first-order chi connectivity index (χ1) is 14.3. The molecule has 1 aliphatic rings. The van der Waals surface area contributed by atoms with E-state index >= 15 is 0 Å². The molecule has 2 aromatic carbocycles. The average molecular weight is 429 g/mol. The van der Waals surface area contributed by atoms with Crippen LogP contribution >= 0.6 is 0 Å². The summed E-state index contributed by atoms with van der Waals surface area (Å²) < 4.78 is 33.4. The largest absolute Gasteiger partial charge is 0.456 e. The number of ether oxygens (including phenoxy) is 1. The molecule has 0 saturated carbocycles. The molecule has 7 nitrogen and oxygen atoms in total. The van der Waals surface area contributed by atoms with Gasteiger partial charge in [0.15, 0.2) is 5.37 Å². The van der Waals surface area contributed by atoms with Crippen molar-refractivity contribution in [2.24, 2.45) is 0 Å². The van der Waals surface area contributed by atoms with Crippen molar-refractivity contribution in [1.82, 2.24) is 9.62 Å². The van der Waals surface area contributed by atoms with E-state index in [4.69, 9.17) is 4.74 Å². The van der Waals surface area contributed by atoms with Crippen LogP contribution in [0.3, 0.4) is 0 Å². The minimum Gasteiger partial charge on any atom is -0.456 e. The summed E-state index contributed by atoms with van der Waals surface area (Å²) in [5.41, 5.74) is 2.06. The first kappa shape index (κ1) is 21.7. The Labute approximate surface area is 176 Å². The molecule has 1 fully saturated rings. The highest BCUT2D eigenvalue weighted by Crippen LogP contribution is 2.31. The van der Waals surface area contributed by atoms with Crippen molar-refractivity contribution in [3.63, 3.8) is 0 Å². The van der Waals surface area contributed by atoms with E-state index < -0.39 is 27.3 Å². The summed E-state index contributed by atoms with van der Waals surface area (Å²) >= 11 is 0. The molecule has 3 rings (SSSR count). The molecule has 0 bridgehead atoms. The summed E-state index contributed by atoms with van der Waals surface area (Å²) in [5.74, 6) is -1.16. The number of nitrogens with one attached hydrogen (secondary N) is 1. The zero-order chi connectivity index (χ0) is 21.7. The van der Waals surface area contributed by atoms with Gasteiger partial charge in [0.25, 0.3) is 0 Å². The lowest BCUT2D eigenvalue weighted by Gasteiger charge is -2.40. The van der Waals surface area contributed by atoms with Crippen LogP contribution in [0.1, 0.15) is 31.4 Å². The first-order valence-corrected chi connectivity index (χ1v) is 11.1. The molecule has 1 aliphatic heterocycles. The third-order valence-corrected chi connectivity index (χ3v) is 6.35. The first-order valence-electron chi connectivity index (χ1n) is 9.52. The highest BCUT2D eigenvalue weighted by Gasteiger charge is 2.49. The molecule has 0 spiro atoms. The molecule has 158 valence electrons. The fourth-order valence-electron chi connectivity index (χ4n) is 3.12. The van der Waals surface area contributed by atoms with Gasteiger partial charge in [-0.05, 0) is 30.5 Å². The lowest BCUT2D eigenvalue weighted by Crippen LogP contribution is -2.59. The van der Waals surface area contributed by atoms with Crippen LogP contribution in [0, 0.1) is 0 Å². The number of carbonyl (C=O) groups excluding carboxylic acids is 2. The van der Waals surface area contributed by atoms with Crippen molar-refractivity contribution >= 4 is 21.9 Å². The standard InChI is InChI=1S/C22H24N2O5S/c1-16(2)21(22(26)29-15-18-11-7-4-8-12-18)24-19(25)13-20(24)30(27,28)23-14-17-9-5-3-6-10-17/h3-12,20,23H,13-15H2,1-2H3/t20-/m1/s1. The van der Waals surface area contributed by atoms with E-state index in [1.807, 2.05) is 48.5 Å². The van der Waals surface area contributed by atoms with Crippen LogP contribution in [0.5, 0.6) is 0 Å². The summed E-state index contributed by atoms with van der Waals surface area (Å²) in [4.78, 5) is 26.0. The van der Waals surface area contributed by atoms with Gasteiger partial charge in [-0.3, -0.25) is 9.69 Å². The van der Waals surface area contributed by atoms with Gasteiger partial charge in [-0.15, -0.1) is 0 Å². The minimum atomic E-state index is -3.87. The molecule has 2 aromatic rings. The topological polar surface area (TPSA) is 92.8 Å². The number of nitrogens with zero attached hydrogens (tertiary/aromatic N) is 1. The number of hydrogen-bond donors (Lipinski definition) is 1. The molecule has 1 saturated heterocycles. The van der Waals surface area contributed by atoms with Gasteiger partial charge < -0.3 is 4.74 Å². The van der Waals surface area contributed by atoms with Crippen LogP contribution in [0.25, 0.3) is 0 Å². The Kier molecular flexibility index (Phi) is 6.69. The van der Waals surface area contributed by atoms with Crippen molar-refractivity contribution in [3.05, 3.63) is 83.1 Å². The molecule has 30 heavy (non-hydrogen) atoms. The van der Waals surface area contributed by atoms with Gasteiger partial charge >= 0.3 is 5.97 Å². The van der Waals surface area contributed by atoms with Crippen molar-refractivity contribution in [3.8, 4) is 0 Å². The molecule has 0 unspecified atom stereocenters. The summed E-state index contributed by atoms with van der Waals surface area (Å²) in [6.45, 7) is 3.42. The van der Waals surface area contributed by atoms with Crippen LogP contribution in [0.4, 0.5) is 0 Å². The van der Waals surface area contributed by atoms with Gasteiger partial charge in [-0.2, -0.15) is 0 Å². The smallest absolute Gasteiger partial charge is 0.355 e. The minimum absolute atomic E-state index is 0.0299. The third-order valence-electron chi connectivity index (χ3n) is 4.71. The number of hydrogen-bond acceptors (Lipinski definition) is 5. The Morgan fingerprint density at radius 2 is 1.60 bits per heavy atom. The molecule has 0 aromatic heterocycles. The van der Waals surface area contributed by atoms with Crippen LogP contribution < -0.4 is 4.72 Å². The van der Waals surface area contributed by atoms with E-state index in [1.165, 1.54) is 0 Å². The van der Waals surface area contributed by atoms with E-state index in [2.05, 4.69) is 4.72 Å². The van der Waals surface area contributed by atoms with Crippen LogP contribution in [0.15, 0.2) is 71.9 Å². The van der Waals surface area contributed by atoms with Gasteiger partial charge in [-0.25, -0.2) is 17.9 Å². The summed E-state index contributed by atoms with van der Waals surface area (Å²) in [6, 6.07) is 18.2. The number of amides is 1. The molecule has 1 atom stereocenters. The van der Waals surface area contributed by atoms with Crippen molar-refractivity contribution in [2.45, 2.75) is 38.8 Å². The van der Waals surface area contributed by atoms with E-state index in [1.54, 1.807) is 26.0 Å². The maximum atomic E-state index is 12.8. The van der Waals surface area contributed by atoms with Gasteiger partial charge in [0.2, 0.25) is 15.9 Å². The Bertz CT molecular complexity index is 1050. The summed E-state index contributed by atoms with van der Waals surface area (Å²) in [7, 11) is -3.87. The zero-order valence-corrected chi connectivity index (χ0v) is 17.7. The number of carbonyl (C=O) groups is 2. The van der Waals surface area contributed by atoms with Crippen molar-refractivity contribution in [2.75, 3.05) is 0 Å². The number of likely N-dealkylation sites (tertiary alicyclic amines) is 1. The normalized spacial score (nSPS) is 16.0. The SMILES string of the molecule is CC(C)=C(C(=O)OCc1ccccc1)N1C(=O)C[C@H]1S(=O)(=O)NCc1ccccc1. The van der Waals surface area contributed by atoms with Crippen molar-refractivity contribution < 1.29 is 22.7 Å². The van der Waals surface area contributed by atoms with E-state index in [0.29, 0.717) is 5.57 Å². The number of sulfonamides is 1. The monoisotopic (exact) mass is 428 g/mol. The number of esters is 1. The van der Waals surface area contributed by atoms with E-state index in [9.17, 15) is 18.0 Å². The molecule has 1 N–H and O–H groups in total. The average Bonchev–Trinajstić information content (AvgIpc) is 2.73. The van der Waals surface area contributed by atoms with Gasteiger partial charge in [0.05, 0.1) is 6.42 Å². The number of allylic oxidation sites excluding steroid dienone is 1. The van der Waals surface area contributed by atoms with E-state index in [0.717, 1.165) is 16.0 Å². The molecule has 1 amide bonds. The maximum absolute atomic E-state index is 12.8. The summed E-state index contributed by atoms with van der Waals surface area (Å²) in [6.07, 6.45) is -0.188. The number of rotatable bonds is 8. The Balaban J connectivity index is 1.72. The van der Waals surface area contributed by atoms with Gasteiger partial charge in [0.1, 0.15) is 12.3 Å². The second kappa shape index (κ2) is 9.23. The van der Waals surface area contributed by atoms with Gasteiger partial charge in [-0.1, -0.05) is 60.7 Å². The molecule has 0 radical (unpaired) electrons. The Morgan fingerprint density at radius 3 is 2.13 bits per heavy atom. The fourth-order valence-corrected chi connectivity index (χ4v) is 4.54. The fraction of sp³-hybridized carbons (Fsp3) is 0.273. The molecule has 1 heterocycles. The van der Waals surface area contributed by atoms with Crippen LogP contribution in [-0.2, 0) is 37.5 Å². The summed E-state index contributed by atoms with van der Waals surface area (Å²) in [5, 5.41) is -1.15. The molecule has 8 heteroatoms. The van der Waals surface area contributed by atoms with Crippen molar-refractivity contribution in [1.29, 1.82) is 0 Å². The molecular formula is C22H24N2O5S. The zero-order valence-electron chi connectivity index (χ0n) is 16.9. The number of benzene rings is 2. The second-order valence-electron chi connectivity index (χ2n) is 7.18. The Morgan fingerprint density at radius 1 is 1.03 bits per heavy atom. The quantitative estimate of drug-likeness (QED) is 0.396. The van der Waals surface area contributed by atoms with Gasteiger partial charge in [0, 0.05) is 6.54 Å². The lowest BCUT2D eigenvalue weighted by molar-refractivity contribution is -0.150. The van der Waals surface area contributed by atoms with E-state index in [-0.39, 0.29) is 25.3 Å². The third kappa shape index (κ3) is 4.95. The maximum Gasteiger partial charge on any atom is 0.355 e. The molecule has 0 aliphatic carbocycles. The second-order valence-corrected chi connectivity index (χ2v) is 9.11. The van der Waals surface area contributed by atoms with Crippen LogP contribution in [0.2, 0.25) is 0 Å². The number of β-lactam (4-membered cyclic amide) rings is 1. The predicted octanol–water partition coefficient (Wildman–Crippen LogP) is 2.70. The lowest BCUT2D eigenvalue weighted by atomic mass is 10.1. The highest BCUT2D eigenvalue weighted by atomic mass is 32.2.